The lowest BCUT2D eigenvalue weighted by atomic mass is 10.0. The van der Waals surface area contributed by atoms with Crippen LogP contribution in [-0.4, -0.2) is 12.9 Å². The molecule has 92 valence electrons. The second kappa shape index (κ2) is 5.83. The zero-order valence-corrected chi connectivity index (χ0v) is 11.6. The molecule has 18 heavy (non-hydrogen) atoms. The molecule has 0 atom stereocenters. The van der Waals surface area contributed by atoms with Crippen molar-refractivity contribution >= 4 is 22.2 Å². The van der Waals surface area contributed by atoms with E-state index >= 15 is 0 Å². The van der Waals surface area contributed by atoms with Crippen molar-refractivity contribution in [1.29, 1.82) is 0 Å². The molecule has 3 heteroatoms. The summed E-state index contributed by atoms with van der Waals surface area (Å²) in [5.41, 5.74) is 3.53. The van der Waals surface area contributed by atoms with E-state index in [4.69, 9.17) is 4.74 Å². The Morgan fingerprint density at radius 3 is 2.56 bits per heavy atom. The van der Waals surface area contributed by atoms with Crippen LogP contribution in [-0.2, 0) is 4.79 Å². The molecule has 0 saturated heterocycles. The molecule has 2 aromatic carbocycles. The molecule has 2 aromatic rings. The minimum atomic E-state index is 0.0925. The molecular formula is C15H13BrO2. The predicted octanol–water partition coefficient (Wildman–Crippen LogP) is 4.00. The molecule has 0 aromatic heterocycles. The van der Waals surface area contributed by atoms with Crippen LogP contribution in [0.15, 0.2) is 46.9 Å². The molecule has 0 saturated carbocycles. The molecule has 0 fully saturated rings. The summed E-state index contributed by atoms with van der Waals surface area (Å²) in [6.45, 7) is 2.17. The summed E-state index contributed by atoms with van der Waals surface area (Å²) in [5.74, 6) is 0.707. The maximum Gasteiger partial charge on any atom is 0.157 e. The lowest BCUT2D eigenvalue weighted by Crippen LogP contribution is -1.97. The summed E-state index contributed by atoms with van der Waals surface area (Å²) in [7, 11) is 0. The van der Waals surface area contributed by atoms with E-state index in [1.165, 1.54) is 11.1 Å². The second-order valence-electron chi connectivity index (χ2n) is 3.91. The Morgan fingerprint density at radius 1 is 1.17 bits per heavy atom. The number of rotatable bonds is 4. The first kappa shape index (κ1) is 12.8. The van der Waals surface area contributed by atoms with Gasteiger partial charge < -0.3 is 4.74 Å². The van der Waals surface area contributed by atoms with Crippen molar-refractivity contribution in [3.05, 3.63) is 52.5 Å². The van der Waals surface area contributed by atoms with Gasteiger partial charge in [0, 0.05) is 4.47 Å². The highest BCUT2D eigenvalue weighted by atomic mass is 79.9. The topological polar surface area (TPSA) is 26.3 Å². The second-order valence-corrected chi connectivity index (χ2v) is 4.77. The van der Waals surface area contributed by atoms with E-state index in [0.717, 1.165) is 16.3 Å². The van der Waals surface area contributed by atoms with Gasteiger partial charge in [-0.2, -0.15) is 0 Å². The third-order valence-electron chi connectivity index (χ3n) is 2.75. The normalized spacial score (nSPS) is 10.1. The lowest BCUT2D eigenvalue weighted by molar-refractivity contribution is -0.109. The maximum atomic E-state index is 10.2. The summed E-state index contributed by atoms with van der Waals surface area (Å²) in [4.78, 5) is 10.2. The van der Waals surface area contributed by atoms with Crippen molar-refractivity contribution in [3.63, 3.8) is 0 Å². The van der Waals surface area contributed by atoms with Gasteiger partial charge in [-0.15, -0.1) is 0 Å². The van der Waals surface area contributed by atoms with Crippen LogP contribution >= 0.6 is 15.9 Å². The van der Waals surface area contributed by atoms with E-state index in [9.17, 15) is 4.79 Å². The number of benzene rings is 2. The van der Waals surface area contributed by atoms with E-state index in [2.05, 4.69) is 28.9 Å². The third kappa shape index (κ3) is 2.79. The van der Waals surface area contributed by atoms with Crippen LogP contribution in [0.3, 0.4) is 0 Å². The summed E-state index contributed by atoms with van der Waals surface area (Å²) in [6, 6.07) is 13.9. The van der Waals surface area contributed by atoms with Crippen LogP contribution in [0.5, 0.6) is 5.75 Å². The van der Waals surface area contributed by atoms with Crippen molar-refractivity contribution < 1.29 is 9.53 Å². The number of hydrogen-bond acceptors (Lipinski definition) is 2. The van der Waals surface area contributed by atoms with Gasteiger partial charge >= 0.3 is 0 Å². The van der Waals surface area contributed by atoms with E-state index in [1.807, 2.05) is 36.4 Å². The van der Waals surface area contributed by atoms with Crippen molar-refractivity contribution in [3.8, 4) is 16.9 Å². The van der Waals surface area contributed by atoms with Gasteiger partial charge in [0.1, 0.15) is 12.4 Å². The first-order valence-electron chi connectivity index (χ1n) is 5.64. The van der Waals surface area contributed by atoms with Gasteiger partial charge in [0.2, 0.25) is 0 Å². The highest BCUT2D eigenvalue weighted by Gasteiger charge is 2.04. The fourth-order valence-corrected chi connectivity index (χ4v) is 2.15. The molecule has 0 aliphatic heterocycles. The summed E-state index contributed by atoms with van der Waals surface area (Å²) in [5, 5.41) is 0. The Labute approximate surface area is 115 Å². The molecule has 0 aliphatic rings. The average molecular weight is 305 g/mol. The number of halogens is 1. The van der Waals surface area contributed by atoms with Gasteiger partial charge in [-0.25, -0.2) is 0 Å². The molecule has 0 unspecified atom stereocenters. The van der Waals surface area contributed by atoms with Gasteiger partial charge in [-0.3, -0.25) is 4.79 Å². The van der Waals surface area contributed by atoms with Crippen LogP contribution in [0, 0.1) is 6.92 Å². The molecule has 0 heterocycles. The standard InChI is InChI=1S/C15H13BrO2/c1-11-14(3-2-4-15(11)16)12-5-7-13(8-6-12)18-10-9-17/h2-9H,10H2,1H3. The van der Waals surface area contributed by atoms with E-state index in [0.29, 0.717) is 5.75 Å². The monoisotopic (exact) mass is 304 g/mol. The Hall–Kier alpha value is -1.61. The number of carbonyl (C=O) groups is 1. The van der Waals surface area contributed by atoms with Crippen molar-refractivity contribution in [1.82, 2.24) is 0 Å². The molecule has 0 spiro atoms. The minimum Gasteiger partial charge on any atom is -0.486 e. The molecule has 2 rings (SSSR count). The van der Waals surface area contributed by atoms with Crippen molar-refractivity contribution in [2.24, 2.45) is 0 Å². The highest BCUT2D eigenvalue weighted by molar-refractivity contribution is 9.10. The number of hydrogen-bond donors (Lipinski definition) is 0. The summed E-state index contributed by atoms with van der Waals surface area (Å²) in [6.07, 6.45) is 0.742. The van der Waals surface area contributed by atoms with Crippen LogP contribution in [0.2, 0.25) is 0 Å². The number of aldehydes is 1. The predicted molar refractivity (Wildman–Crippen MR) is 75.9 cm³/mol. The van der Waals surface area contributed by atoms with Gasteiger partial charge in [-0.1, -0.05) is 40.2 Å². The van der Waals surface area contributed by atoms with E-state index in [-0.39, 0.29) is 6.61 Å². The van der Waals surface area contributed by atoms with Crippen LogP contribution in [0.1, 0.15) is 5.56 Å². The van der Waals surface area contributed by atoms with Crippen LogP contribution in [0.4, 0.5) is 0 Å². The van der Waals surface area contributed by atoms with E-state index < -0.39 is 0 Å². The van der Waals surface area contributed by atoms with Gasteiger partial charge in [-0.05, 0) is 41.8 Å². The molecule has 0 radical (unpaired) electrons. The molecule has 0 amide bonds. The summed E-state index contributed by atoms with van der Waals surface area (Å²) < 4.78 is 6.32. The largest absolute Gasteiger partial charge is 0.486 e. The molecular weight excluding hydrogens is 292 g/mol. The van der Waals surface area contributed by atoms with Crippen LogP contribution in [0.25, 0.3) is 11.1 Å². The zero-order valence-electron chi connectivity index (χ0n) is 10.0. The fraction of sp³-hybridized carbons (Fsp3) is 0.133. The Bertz CT molecular complexity index is 547. The van der Waals surface area contributed by atoms with E-state index in [1.54, 1.807) is 0 Å². The van der Waals surface area contributed by atoms with Gasteiger partial charge in [0.15, 0.2) is 6.29 Å². The average Bonchev–Trinajstić information content (AvgIpc) is 2.40. The number of carbonyl (C=O) groups excluding carboxylic acids is 1. The van der Waals surface area contributed by atoms with Gasteiger partial charge in [0.25, 0.3) is 0 Å². The molecule has 0 aliphatic carbocycles. The lowest BCUT2D eigenvalue weighted by Gasteiger charge is -2.09. The Morgan fingerprint density at radius 2 is 1.89 bits per heavy atom. The minimum absolute atomic E-state index is 0.0925. The molecule has 0 bridgehead atoms. The number of ether oxygens (including phenoxy) is 1. The Balaban J connectivity index is 2.28. The van der Waals surface area contributed by atoms with Crippen molar-refractivity contribution in [2.75, 3.05) is 6.61 Å². The van der Waals surface area contributed by atoms with Crippen LogP contribution < -0.4 is 4.74 Å². The quantitative estimate of drug-likeness (QED) is 0.798. The SMILES string of the molecule is Cc1c(Br)cccc1-c1ccc(OCC=O)cc1. The van der Waals surface area contributed by atoms with Gasteiger partial charge in [0.05, 0.1) is 0 Å². The maximum absolute atomic E-state index is 10.2. The van der Waals surface area contributed by atoms with Crippen molar-refractivity contribution in [2.45, 2.75) is 6.92 Å². The zero-order chi connectivity index (χ0) is 13.0. The first-order valence-corrected chi connectivity index (χ1v) is 6.43. The first-order chi connectivity index (χ1) is 8.72. The third-order valence-corrected chi connectivity index (χ3v) is 3.61. The molecule has 0 N–H and O–H groups in total. The smallest absolute Gasteiger partial charge is 0.157 e. The fourth-order valence-electron chi connectivity index (χ4n) is 1.78. The highest BCUT2D eigenvalue weighted by Crippen LogP contribution is 2.29. The molecule has 2 nitrogen and oxygen atoms in total. The Kier molecular flexibility index (Phi) is 4.15. The summed E-state index contributed by atoms with van der Waals surface area (Å²) >= 11 is 3.53.